The maximum absolute atomic E-state index is 13.3. The summed E-state index contributed by atoms with van der Waals surface area (Å²) >= 11 is 3.00. The second-order valence-electron chi connectivity index (χ2n) is 6.03. The summed E-state index contributed by atoms with van der Waals surface area (Å²) in [5, 5.41) is -0.321. The lowest BCUT2D eigenvalue weighted by Gasteiger charge is -2.14. The van der Waals surface area contributed by atoms with Crippen LogP contribution in [0.5, 0.6) is 11.5 Å². The molecule has 5 nitrogen and oxygen atoms in total. The van der Waals surface area contributed by atoms with Crippen LogP contribution in [0, 0.1) is 9.39 Å². The van der Waals surface area contributed by atoms with Gasteiger partial charge in [0.15, 0.2) is 11.5 Å². The summed E-state index contributed by atoms with van der Waals surface area (Å²) in [7, 11) is 1.52. The molecule has 0 unspecified atom stereocenters. The molecule has 2 aromatic carbocycles. The highest BCUT2D eigenvalue weighted by molar-refractivity contribution is 14.1. The van der Waals surface area contributed by atoms with Crippen LogP contribution in [-0.4, -0.2) is 29.7 Å². The standard InChI is InChI=1S/C21H17FINO4S/c1-3-7-24-20(25)18(29-21(24)26)11-14-9-16(23)19(17(10-14)27-2)28-12-13-5-4-6-15(22)8-13/h3-6,8-11H,1,7,12H2,2H3/b18-11+. The lowest BCUT2D eigenvalue weighted by Crippen LogP contribution is -2.27. The number of hydrogen-bond acceptors (Lipinski definition) is 5. The third kappa shape index (κ3) is 4.99. The van der Waals surface area contributed by atoms with Crippen molar-refractivity contribution in [3.8, 4) is 11.5 Å². The molecule has 29 heavy (non-hydrogen) atoms. The van der Waals surface area contributed by atoms with E-state index in [-0.39, 0.29) is 30.1 Å². The largest absolute Gasteiger partial charge is 0.493 e. The van der Waals surface area contributed by atoms with Gasteiger partial charge in [-0.15, -0.1) is 6.58 Å². The molecule has 1 aliphatic heterocycles. The number of imide groups is 1. The van der Waals surface area contributed by atoms with E-state index in [2.05, 4.69) is 29.2 Å². The van der Waals surface area contributed by atoms with Crippen molar-refractivity contribution in [2.24, 2.45) is 0 Å². The Morgan fingerprint density at radius 3 is 2.76 bits per heavy atom. The van der Waals surface area contributed by atoms with Gasteiger partial charge in [0.05, 0.1) is 15.6 Å². The quantitative estimate of drug-likeness (QED) is 0.281. The van der Waals surface area contributed by atoms with E-state index < -0.39 is 0 Å². The van der Waals surface area contributed by atoms with Gasteiger partial charge in [-0.1, -0.05) is 18.2 Å². The fourth-order valence-corrected chi connectivity index (χ4v) is 4.31. The number of rotatable bonds is 7. The molecule has 1 saturated heterocycles. The molecular weight excluding hydrogens is 508 g/mol. The van der Waals surface area contributed by atoms with E-state index in [0.717, 1.165) is 20.2 Å². The van der Waals surface area contributed by atoms with E-state index in [4.69, 9.17) is 9.47 Å². The molecule has 8 heteroatoms. The van der Waals surface area contributed by atoms with E-state index in [0.29, 0.717) is 27.5 Å². The first-order valence-electron chi connectivity index (χ1n) is 8.54. The average Bonchev–Trinajstić information content (AvgIpc) is 2.94. The van der Waals surface area contributed by atoms with Crippen LogP contribution in [-0.2, 0) is 11.4 Å². The Morgan fingerprint density at radius 1 is 1.28 bits per heavy atom. The second-order valence-corrected chi connectivity index (χ2v) is 8.19. The molecule has 0 bridgehead atoms. The van der Waals surface area contributed by atoms with Crippen molar-refractivity contribution in [2.75, 3.05) is 13.7 Å². The first-order valence-corrected chi connectivity index (χ1v) is 10.4. The second kappa shape index (κ2) is 9.45. The number of amides is 2. The highest BCUT2D eigenvalue weighted by Gasteiger charge is 2.34. The predicted molar refractivity (Wildman–Crippen MR) is 119 cm³/mol. The van der Waals surface area contributed by atoms with E-state index in [1.165, 1.54) is 25.3 Å². The molecule has 0 aliphatic carbocycles. The van der Waals surface area contributed by atoms with Crippen molar-refractivity contribution in [1.29, 1.82) is 0 Å². The normalized spacial score (nSPS) is 15.1. The van der Waals surface area contributed by atoms with Crippen molar-refractivity contribution in [2.45, 2.75) is 6.61 Å². The lowest BCUT2D eigenvalue weighted by atomic mass is 10.1. The molecule has 0 atom stereocenters. The molecule has 150 valence electrons. The molecule has 0 radical (unpaired) electrons. The Kier molecular flexibility index (Phi) is 6.96. The predicted octanol–water partition coefficient (Wildman–Crippen LogP) is 5.24. The number of ether oxygens (including phenoxy) is 2. The number of halogens is 2. The fraction of sp³-hybridized carbons (Fsp3) is 0.143. The zero-order valence-corrected chi connectivity index (χ0v) is 18.5. The van der Waals surface area contributed by atoms with Gasteiger partial charge in [-0.05, 0) is 75.8 Å². The van der Waals surface area contributed by atoms with Gasteiger partial charge in [0, 0.05) is 6.54 Å². The summed E-state index contributed by atoms with van der Waals surface area (Å²) in [5.74, 6) is 0.327. The number of carbonyl (C=O) groups is 2. The summed E-state index contributed by atoms with van der Waals surface area (Å²) in [6, 6.07) is 9.73. The Morgan fingerprint density at radius 2 is 2.07 bits per heavy atom. The molecule has 2 aromatic rings. The van der Waals surface area contributed by atoms with Crippen LogP contribution in [0.3, 0.4) is 0 Å². The fourth-order valence-electron chi connectivity index (χ4n) is 2.68. The Labute approximate surface area is 185 Å². The van der Waals surface area contributed by atoms with E-state index in [1.54, 1.807) is 24.3 Å². The molecule has 0 spiro atoms. The smallest absolute Gasteiger partial charge is 0.293 e. The van der Waals surface area contributed by atoms with Crippen molar-refractivity contribution >= 4 is 51.6 Å². The number of benzene rings is 2. The molecule has 0 aromatic heterocycles. The Balaban J connectivity index is 1.84. The van der Waals surface area contributed by atoms with Crippen LogP contribution in [0.25, 0.3) is 6.08 Å². The van der Waals surface area contributed by atoms with Crippen LogP contribution < -0.4 is 9.47 Å². The minimum absolute atomic E-state index is 0.176. The lowest BCUT2D eigenvalue weighted by molar-refractivity contribution is -0.122. The maximum Gasteiger partial charge on any atom is 0.293 e. The summed E-state index contributed by atoms with van der Waals surface area (Å²) < 4.78 is 25.4. The van der Waals surface area contributed by atoms with Gasteiger partial charge in [-0.25, -0.2) is 4.39 Å². The Hall–Kier alpha value is -2.33. The van der Waals surface area contributed by atoms with Gasteiger partial charge in [-0.3, -0.25) is 14.5 Å². The zero-order chi connectivity index (χ0) is 21.0. The molecule has 3 rings (SSSR count). The third-order valence-corrected chi connectivity index (χ3v) is 5.72. The van der Waals surface area contributed by atoms with E-state index in [1.807, 2.05) is 6.07 Å². The number of hydrogen-bond donors (Lipinski definition) is 0. The van der Waals surface area contributed by atoms with Crippen LogP contribution in [0.2, 0.25) is 0 Å². The van der Waals surface area contributed by atoms with Crippen LogP contribution in [0.4, 0.5) is 9.18 Å². The van der Waals surface area contributed by atoms with Crippen molar-refractivity contribution in [1.82, 2.24) is 4.90 Å². The van der Waals surface area contributed by atoms with Gasteiger partial charge in [0.25, 0.3) is 11.1 Å². The highest BCUT2D eigenvalue weighted by Crippen LogP contribution is 2.37. The first-order chi connectivity index (χ1) is 13.9. The average molecular weight is 525 g/mol. The van der Waals surface area contributed by atoms with E-state index in [9.17, 15) is 14.0 Å². The van der Waals surface area contributed by atoms with Gasteiger partial charge in [-0.2, -0.15) is 0 Å². The van der Waals surface area contributed by atoms with Crippen LogP contribution in [0.15, 0.2) is 54.0 Å². The molecule has 2 amide bonds. The first kappa shape index (κ1) is 21.4. The van der Waals surface area contributed by atoms with Crippen molar-refractivity contribution < 1.29 is 23.5 Å². The van der Waals surface area contributed by atoms with Crippen molar-refractivity contribution in [3.05, 3.63) is 74.5 Å². The summed E-state index contributed by atoms with van der Waals surface area (Å²) in [5.41, 5.74) is 1.40. The molecule has 1 fully saturated rings. The number of nitrogens with zero attached hydrogens (tertiary/aromatic N) is 1. The molecule has 1 heterocycles. The monoisotopic (exact) mass is 525 g/mol. The van der Waals surface area contributed by atoms with Crippen LogP contribution in [0.1, 0.15) is 11.1 Å². The number of methoxy groups -OCH3 is 1. The number of thioether (sulfide) groups is 1. The van der Waals surface area contributed by atoms with Gasteiger partial charge in [0.1, 0.15) is 12.4 Å². The SMILES string of the molecule is C=CCN1C(=O)S/C(=C/c2cc(I)c(OCc3cccc(F)c3)c(OC)c2)C1=O. The van der Waals surface area contributed by atoms with Gasteiger partial charge < -0.3 is 9.47 Å². The minimum atomic E-state index is -0.347. The molecule has 0 saturated carbocycles. The maximum atomic E-state index is 13.3. The molecule has 1 aliphatic rings. The van der Waals surface area contributed by atoms with E-state index >= 15 is 0 Å². The van der Waals surface area contributed by atoms with Gasteiger partial charge >= 0.3 is 0 Å². The Bertz CT molecular complexity index is 1010. The van der Waals surface area contributed by atoms with Crippen molar-refractivity contribution in [3.63, 3.8) is 0 Å². The minimum Gasteiger partial charge on any atom is -0.493 e. The highest BCUT2D eigenvalue weighted by atomic mass is 127. The summed E-state index contributed by atoms with van der Waals surface area (Å²) in [6.07, 6.45) is 3.16. The molecular formula is C21H17FINO4S. The van der Waals surface area contributed by atoms with Crippen LogP contribution >= 0.6 is 34.4 Å². The summed E-state index contributed by atoms with van der Waals surface area (Å²) in [6.45, 7) is 3.92. The third-order valence-electron chi connectivity index (χ3n) is 4.01. The number of carbonyl (C=O) groups excluding carboxylic acids is 2. The zero-order valence-electron chi connectivity index (χ0n) is 15.5. The topological polar surface area (TPSA) is 55.8 Å². The molecule has 0 N–H and O–H groups in total. The summed E-state index contributed by atoms with van der Waals surface area (Å²) in [4.78, 5) is 25.8. The van der Waals surface area contributed by atoms with Gasteiger partial charge in [0.2, 0.25) is 0 Å².